The summed E-state index contributed by atoms with van der Waals surface area (Å²) in [6, 6.07) is 23.6. The van der Waals surface area contributed by atoms with Gasteiger partial charge in [-0.15, -0.1) is 0 Å². The first-order valence-electron chi connectivity index (χ1n) is 9.00. The molecule has 0 bridgehead atoms. The summed E-state index contributed by atoms with van der Waals surface area (Å²) in [5.41, 5.74) is 9.20. The Morgan fingerprint density at radius 3 is 1.73 bits per heavy atom. The lowest BCUT2D eigenvalue weighted by molar-refractivity contribution is 0.321. The molecule has 0 aliphatic rings. The van der Waals surface area contributed by atoms with Gasteiger partial charge in [0.05, 0.1) is 17.1 Å². The van der Waals surface area contributed by atoms with Gasteiger partial charge in [-0.05, 0) is 55.5 Å². The van der Waals surface area contributed by atoms with Gasteiger partial charge in [0.25, 0.3) is 0 Å². The van der Waals surface area contributed by atoms with Crippen LogP contribution in [0.5, 0.6) is 0 Å². The van der Waals surface area contributed by atoms with E-state index in [1.54, 1.807) is 55.5 Å². The molecule has 0 aliphatic heterocycles. The predicted octanol–water partition coefficient (Wildman–Crippen LogP) is 6.13. The summed E-state index contributed by atoms with van der Waals surface area (Å²) in [5, 5.41) is 23.2. The van der Waals surface area contributed by atoms with Crippen molar-refractivity contribution in [2.45, 2.75) is 6.92 Å². The maximum atomic E-state index is 9.73. The molecule has 3 rings (SSSR count). The SMILES string of the molecule is CC(=N\Nc1ccc(Cl)cc1)/C(=N\O)C(=N/Nc1ccc(Cl)cc1)/c1ccccc1. The van der Waals surface area contributed by atoms with E-state index in [0.29, 0.717) is 21.5 Å². The lowest BCUT2D eigenvalue weighted by Gasteiger charge is -2.10. The van der Waals surface area contributed by atoms with Crippen LogP contribution in [0, 0.1) is 0 Å². The summed E-state index contributed by atoms with van der Waals surface area (Å²) in [6.07, 6.45) is 0. The van der Waals surface area contributed by atoms with E-state index in [-0.39, 0.29) is 5.71 Å². The molecule has 0 atom stereocenters. The van der Waals surface area contributed by atoms with Crippen molar-refractivity contribution in [3.05, 3.63) is 94.5 Å². The van der Waals surface area contributed by atoms with Gasteiger partial charge in [-0.1, -0.05) is 58.7 Å². The Balaban J connectivity index is 1.89. The van der Waals surface area contributed by atoms with Crippen molar-refractivity contribution in [3.8, 4) is 0 Å². The van der Waals surface area contributed by atoms with Gasteiger partial charge in [-0.25, -0.2) is 0 Å². The van der Waals surface area contributed by atoms with E-state index in [2.05, 4.69) is 26.2 Å². The number of anilines is 2. The molecule has 0 fully saturated rings. The monoisotopic (exact) mass is 439 g/mol. The highest BCUT2D eigenvalue weighted by Gasteiger charge is 2.16. The summed E-state index contributed by atoms with van der Waals surface area (Å²) in [4.78, 5) is 0. The zero-order chi connectivity index (χ0) is 21.3. The first-order valence-corrected chi connectivity index (χ1v) is 9.76. The van der Waals surface area contributed by atoms with Crippen molar-refractivity contribution in [1.82, 2.24) is 0 Å². The van der Waals surface area contributed by atoms with Gasteiger partial charge in [0.2, 0.25) is 0 Å². The Labute approximate surface area is 184 Å². The van der Waals surface area contributed by atoms with Crippen molar-refractivity contribution in [2.75, 3.05) is 10.9 Å². The van der Waals surface area contributed by atoms with E-state index in [4.69, 9.17) is 23.2 Å². The summed E-state index contributed by atoms with van der Waals surface area (Å²) in [6.45, 7) is 1.72. The Hall–Kier alpha value is -3.35. The summed E-state index contributed by atoms with van der Waals surface area (Å²) in [5.74, 6) is 0. The molecule has 0 heterocycles. The van der Waals surface area contributed by atoms with E-state index in [9.17, 15) is 5.21 Å². The second-order valence-electron chi connectivity index (χ2n) is 6.21. The average Bonchev–Trinajstić information content (AvgIpc) is 2.78. The number of halogens is 2. The molecule has 8 heteroatoms. The lowest BCUT2D eigenvalue weighted by atomic mass is 10.0. The van der Waals surface area contributed by atoms with Crippen molar-refractivity contribution in [3.63, 3.8) is 0 Å². The van der Waals surface area contributed by atoms with Gasteiger partial charge in [0.1, 0.15) is 5.71 Å². The van der Waals surface area contributed by atoms with Crippen molar-refractivity contribution in [1.29, 1.82) is 0 Å². The van der Waals surface area contributed by atoms with Crippen LogP contribution in [0.15, 0.2) is 94.2 Å². The summed E-state index contributed by atoms with van der Waals surface area (Å²) in [7, 11) is 0. The van der Waals surface area contributed by atoms with Crippen LogP contribution in [0.2, 0.25) is 10.0 Å². The second kappa shape index (κ2) is 10.4. The van der Waals surface area contributed by atoms with Gasteiger partial charge >= 0.3 is 0 Å². The van der Waals surface area contributed by atoms with Crippen LogP contribution in [0.3, 0.4) is 0 Å². The molecule has 0 radical (unpaired) electrons. The van der Waals surface area contributed by atoms with Crippen LogP contribution in [0.25, 0.3) is 0 Å². The molecule has 0 saturated heterocycles. The third-order valence-electron chi connectivity index (χ3n) is 4.05. The highest BCUT2D eigenvalue weighted by molar-refractivity contribution is 6.71. The third kappa shape index (κ3) is 5.83. The second-order valence-corrected chi connectivity index (χ2v) is 7.08. The van der Waals surface area contributed by atoms with Gasteiger partial charge in [0.15, 0.2) is 5.71 Å². The number of hydrogen-bond donors (Lipinski definition) is 3. The van der Waals surface area contributed by atoms with Crippen molar-refractivity contribution >= 4 is 51.7 Å². The van der Waals surface area contributed by atoms with Gasteiger partial charge in [-0.2, -0.15) is 10.2 Å². The highest BCUT2D eigenvalue weighted by Crippen LogP contribution is 2.15. The molecule has 0 unspecified atom stereocenters. The number of hydrazone groups is 2. The Bertz CT molecular complexity index is 1060. The molecule has 0 aliphatic carbocycles. The minimum Gasteiger partial charge on any atom is -0.410 e. The average molecular weight is 440 g/mol. The fourth-order valence-electron chi connectivity index (χ4n) is 2.51. The normalized spacial score (nSPS) is 12.6. The molecule has 0 aromatic heterocycles. The van der Waals surface area contributed by atoms with Crippen LogP contribution < -0.4 is 10.9 Å². The first-order chi connectivity index (χ1) is 14.6. The van der Waals surface area contributed by atoms with E-state index >= 15 is 0 Å². The maximum absolute atomic E-state index is 9.73. The molecule has 3 N–H and O–H groups in total. The molecular weight excluding hydrogens is 421 g/mol. The number of benzene rings is 3. The van der Waals surface area contributed by atoms with Crippen LogP contribution in [-0.4, -0.2) is 22.3 Å². The Morgan fingerprint density at radius 1 is 0.733 bits per heavy atom. The van der Waals surface area contributed by atoms with Crippen LogP contribution >= 0.6 is 23.2 Å². The quantitative estimate of drug-likeness (QED) is 0.235. The van der Waals surface area contributed by atoms with Crippen LogP contribution in [-0.2, 0) is 0 Å². The van der Waals surface area contributed by atoms with E-state index in [0.717, 1.165) is 16.9 Å². The largest absolute Gasteiger partial charge is 0.410 e. The standard InChI is InChI=1S/C22H19Cl2N5O/c1-15(25-26-19-11-7-17(23)8-12-19)21(29-30)22(16-5-3-2-4-6-16)28-27-20-13-9-18(24)10-14-20/h2-14,26-27,30H,1H3/b25-15+,28-22+,29-21+. The Morgan fingerprint density at radius 2 is 1.23 bits per heavy atom. The molecular formula is C22H19Cl2N5O. The zero-order valence-corrected chi connectivity index (χ0v) is 17.6. The van der Waals surface area contributed by atoms with Crippen molar-refractivity contribution < 1.29 is 5.21 Å². The van der Waals surface area contributed by atoms with Gasteiger partial charge in [0, 0.05) is 15.6 Å². The molecule has 3 aromatic rings. The highest BCUT2D eigenvalue weighted by atomic mass is 35.5. The fourth-order valence-corrected chi connectivity index (χ4v) is 2.76. The number of hydrogen-bond acceptors (Lipinski definition) is 6. The molecule has 152 valence electrons. The molecule has 0 spiro atoms. The minimum atomic E-state index is 0.212. The third-order valence-corrected chi connectivity index (χ3v) is 4.56. The van der Waals surface area contributed by atoms with Gasteiger partial charge < -0.3 is 5.21 Å². The number of rotatable bonds is 7. The number of nitrogens with zero attached hydrogens (tertiary/aromatic N) is 3. The van der Waals surface area contributed by atoms with E-state index in [1.165, 1.54) is 0 Å². The minimum absolute atomic E-state index is 0.212. The Kier molecular flexibility index (Phi) is 7.43. The van der Waals surface area contributed by atoms with Crippen LogP contribution in [0.4, 0.5) is 11.4 Å². The topological polar surface area (TPSA) is 81.4 Å². The summed E-state index contributed by atoms with van der Waals surface area (Å²) >= 11 is 11.8. The number of nitrogens with one attached hydrogen (secondary N) is 2. The predicted molar refractivity (Wildman–Crippen MR) is 125 cm³/mol. The van der Waals surface area contributed by atoms with E-state index in [1.807, 2.05) is 30.3 Å². The van der Waals surface area contributed by atoms with Gasteiger partial charge in [-0.3, -0.25) is 10.9 Å². The number of oxime groups is 1. The molecule has 3 aromatic carbocycles. The van der Waals surface area contributed by atoms with Crippen molar-refractivity contribution in [2.24, 2.45) is 15.4 Å². The molecule has 6 nitrogen and oxygen atoms in total. The molecule has 30 heavy (non-hydrogen) atoms. The fraction of sp³-hybridized carbons (Fsp3) is 0.0455. The molecule has 0 saturated carbocycles. The summed E-state index contributed by atoms with van der Waals surface area (Å²) < 4.78 is 0. The first kappa shape index (κ1) is 21.4. The maximum Gasteiger partial charge on any atom is 0.153 e. The molecule has 0 amide bonds. The van der Waals surface area contributed by atoms with E-state index < -0.39 is 0 Å². The zero-order valence-electron chi connectivity index (χ0n) is 16.1. The smallest absolute Gasteiger partial charge is 0.153 e. The lowest BCUT2D eigenvalue weighted by Crippen LogP contribution is -2.25. The van der Waals surface area contributed by atoms with Crippen LogP contribution in [0.1, 0.15) is 12.5 Å².